The maximum atomic E-state index is 13.3. The van der Waals surface area contributed by atoms with Crippen LogP contribution in [0.5, 0.6) is 5.75 Å². The summed E-state index contributed by atoms with van der Waals surface area (Å²) in [6.07, 6.45) is 1.45. The zero-order valence-corrected chi connectivity index (χ0v) is 45.0. The molecule has 7 N–H and O–H groups in total. The van der Waals surface area contributed by atoms with Gasteiger partial charge in [-0.05, 0) is 66.9 Å². The number of phosphoric ester groups is 1. The molecule has 2 aliphatic heterocycles. The molecule has 3 heterocycles. The summed E-state index contributed by atoms with van der Waals surface area (Å²) in [5.41, 5.74) is 6.11. The Labute approximate surface area is 449 Å². The number of hydrogen-bond acceptors (Lipinski definition) is 23. The minimum absolute atomic E-state index is 0.0220. The summed E-state index contributed by atoms with van der Waals surface area (Å²) in [5.74, 6) is -1.45. The number of nitrogens with zero attached hydrogens (tertiary/aromatic N) is 2. The largest absolute Gasteiger partial charge is 0.572 e. The van der Waals surface area contributed by atoms with Gasteiger partial charge in [-0.1, -0.05) is 12.8 Å². The van der Waals surface area contributed by atoms with E-state index in [0.29, 0.717) is 68.9 Å². The lowest BCUT2D eigenvalue weighted by Crippen LogP contribution is -2.28. The van der Waals surface area contributed by atoms with Gasteiger partial charge in [0.2, 0.25) is 0 Å². The number of aliphatic hydroxyl groups excluding tert-OH is 1. The highest BCUT2D eigenvalue weighted by Gasteiger charge is 2.43. The fourth-order valence-electron chi connectivity index (χ4n) is 7.82. The van der Waals surface area contributed by atoms with E-state index in [1.165, 1.54) is 66.4 Å². The summed E-state index contributed by atoms with van der Waals surface area (Å²) in [6, 6.07) is 14.3. The summed E-state index contributed by atoms with van der Waals surface area (Å²) < 4.78 is 84.6. The molecular weight excluding hydrogens is 1070 g/mol. The van der Waals surface area contributed by atoms with E-state index in [0.717, 1.165) is 20.0 Å². The third-order valence-electron chi connectivity index (χ3n) is 11.7. The number of benzene rings is 3. The van der Waals surface area contributed by atoms with E-state index in [1.54, 1.807) is 12.1 Å². The highest BCUT2D eigenvalue weighted by Crippen LogP contribution is 2.57. The van der Waals surface area contributed by atoms with Crippen molar-refractivity contribution in [1.82, 2.24) is 14.9 Å². The van der Waals surface area contributed by atoms with Crippen LogP contribution < -0.4 is 22.2 Å². The Bertz CT molecular complexity index is 2840. The van der Waals surface area contributed by atoms with Crippen molar-refractivity contribution in [2.24, 2.45) is 0 Å². The SMILES string of the molecule is COP(=O)(OCCOCCOCCOCCOCCOCCO[P+](O)(OC)OCCCCCCNC(=O)c1ccc(C(=O)O)c(-c2c3ccc(=O)cc-3oc3cc(O)ccc23)c1)OC[C@H]1O[C@@H](n2ccc(N)nc2=O)C[C@H]1O. The molecule has 0 radical (unpaired) electrons. The molecule has 1 amide bonds. The molecule has 1 saturated heterocycles. The molecule has 6 rings (SSSR count). The van der Waals surface area contributed by atoms with Crippen LogP contribution in [0.25, 0.3) is 33.4 Å². The van der Waals surface area contributed by atoms with Crippen molar-refractivity contribution in [2.45, 2.75) is 50.5 Å². The van der Waals surface area contributed by atoms with Gasteiger partial charge in [-0.3, -0.25) is 27.7 Å². The Morgan fingerprint density at radius 3 is 2.10 bits per heavy atom. The Balaban J connectivity index is 0.730. The lowest BCUT2D eigenvalue weighted by Gasteiger charge is -2.20. The molecule has 0 spiro atoms. The van der Waals surface area contributed by atoms with E-state index in [1.807, 2.05) is 0 Å². The molecule has 0 saturated carbocycles. The van der Waals surface area contributed by atoms with Crippen molar-refractivity contribution >= 4 is 44.7 Å². The van der Waals surface area contributed by atoms with Gasteiger partial charge in [0.15, 0.2) is 5.43 Å². The molecule has 1 aliphatic carbocycles. The number of nitrogens with two attached hydrogens (primary N) is 1. The van der Waals surface area contributed by atoms with Crippen LogP contribution in [0, 0.1) is 0 Å². The van der Waals surface area contributed by atoms with E-state index in [-0.39, 0.29) is 111 Å². The van der Waals surface area contributed by atoms with Gasteiger partial charge in [-0.15, -0.1) is 0 Å². The molecule has 5 atom stereocenters. The van der Waals surface area contributed by atoms with Gasteiger partial charge in [-0.2, -0.15) is 23.4 Å². The Morgan fingerprint density at radius 1 is 0.795 bits per heavy atom. The van der Waals surface area contributed by atoms with Crippen LogP contribution in [-0.2, 0) is 60.1 Å². The first-order valence-corrected chi connectivity index (χ1v) is 27.9. The van der Waals surface area contributed by atoms with Gasteiger partial charge in [0.25, 0.3) is 5.91 Å². The highest BCUT2D eigenvalue weighted by molar-refractivity contribution is 7.55. The maximum absolute atomic E-state index is 13.3. The number of rotatable bonds is 37. The molecule has 26 nitrogen and oxygen atoms in total. The van der Waals surface area contributed by atoms with Gasteiger partial charge in [0, 0.05) is 60.5 Å². The second-order valence-corrected chi connectivity index (χ2v) is 20.8. The lowest BCUT2D eigenvalue weighted by atomic mass is 9.89. The monoisotopic (exact) mass is 1140 g/mol. The summed E-state index contributed by atoms with van der Waals surface area (Å²) in [7, 11) is -5.10. The lowest BCUT2D eigenvalue weighted by molar-refractivity contribution is -0.0484. The van der Waals surface area contributed by atoms with Gasteiger partial charge in [-0.25, -0.2) is 14.2 Å². The molecule has 1 fully saturated rings. The van der Waals surface area contributed by atoms with Crippen LogP contribution in [-0.4, -0.2) is 167 Å². The number of fused-ring (bicyclic) bond motifs is 2. The Kier molecular flexibility index (Phi) is 24.9. The molecular formula is C50H67N4O22P2+. The standard InChI is InChI=1S/C50H66N4O22P2/c1-64-77(62,71-16-6-4-3-5-14-52-48(58)34-7-10-37(49(59)60)40(29-34)47-38-11-8-35(55)30-42(38)75-43-31-36(56)9-12-39(43)47)72-27-25-69-23-21-67-19-17-66-18-20-68-22-24-70-26-28-73-78(63,65-2)74-33-44-41(57)32-46(76-44)54-15-13-45(51)53-50(54)61/h7-13,15,29-31,41,44,46,57,62H,3-6,14,16-28,32-33H2,1-2H3,(H4-,51,52,53,55,56,58,59,60,61)/p+1/t41-,44-,46-,77?,78?/m1/s1. The number of carbonyl (C=O) groups is 2. The molecule has 28 heteroatoms. The van der Waals surface area contributed by atoms with E-state index >= 15 is 0 Å². The zero-order valence-electron chi connectivity index (χ0n) is 43.2. The number of amides is 1. The maximum Gasteiger partial charge on any atom is 0.572 e. The van der Waals surface area contributed by atoms with E-state index in [4.69, 9.17) is 65.7 Å². The first-order valence-electron chi connectivity index (χ1n) is 25.0. The molecule has 428 valence electrons. The Hall–Kier alpha value is -5.35. The van der Waals surface area contributed by atoms with E-state index in [2.05, 4.69) is 10.3 Å². The number of carboxylic acids is 1. The number of aromatic carboxylic acids is 1. The van der Waals surface area contributed by atoms with Crippen LogP contribution >= 0.6 is 16.0 Å². The van der Waals surface area contributed by atoms with Crippen molar-refractivity contribution in [3.8, 4) is 28.2 Å². The number of aromatic nitrogens is 2. The number of unbranched alkanes of at least 4 members (excludes halogenated alkanes) is 3. The number of aliphatic hydroxyl groups is 1. The molecule has 1 aromatic heterocycles. The normalized spacial score (nSPS) is 17.1. The second-order valence-electron chi connectivity index (χ2n) is 17.2. The minimum atomic E-state index is -3.99. The predicted octanol–water partition coefficient (Wildman–Crippen LogP) is 4.97. The summed E-state index contributed by atoms with van der Waals surface area (Å²) in [4.78, 5) is 64.3. The van der Waals surface area contributed by atoms with Crippen molar-refractivity contribution in [1.29, 1.82) is 0 Å². The van der Waals surface area contributed by atoms with Crippen molar-refractivity contribution in [3.05, 3.63) is 98.7 Å². The highest BCUT2D eigenvalue weighted by atomic mass is 31.2. The average Bonchev–Trinajstić information content (AvgIpc) is 3.82. The topological polar surface area (TPSA) is 346 Å². The zero-order chi connectivity index (χ0) is 55.9. The van der Waals surface area contributed by atoms with E-state index < -0.39 is 52.0 Å². The van der Waals surface area contributed by atoms with Crippen LogP contribution in [0.15, 0.2) is 80.9 Å². The minimum Gasteiger partial charge on any atom is -0.508 e. The third kappa shape index (κ3) is 18.9. The van der Waals surface area contributed by atoms with Gasteiger partial charge < -0.3 is 59.2 Å². The number of phenols is 1. The molecule has 3 aromatic rings. The van der Waals surface area contributed by atoms with Crippen LogP contribution in [0.4, 0.5) is 5.82 Å². The smallest absolute Gasteiger partial charge is 0.508 e. The molecule has 3 aliphatic rings. The third-order valence-corrected chi connectivity index (χ3v) is 14.6. The number of phosphoric acid groups is 1. The first kappa shape index (κ1) is 61.9. The number of nitrogen functional groups attached to an aromatic ring is 1. The number of carbonyl (C=O) groups excluding carboxylic acids is 1. The van der Waals surface area contributed by atoms with Crippen LogP contribution in [0.2, 0.25) is 0 Å². The predicted molar refractivity (Wildman–Crippen MR) is 280 cm³/mol. The number of ether oxygens (including phenoxy) is 6. The van der Waals surface area contributed by atoms with Gasteiger partial charge >= 0.3 is 27.7 Å². The second kappa shape index (κ2) is 31.4. The Morgan fingerprint density at radius 2 is 1.45 bits per heavy atom. The first-order chi connectivity index (χ1) is 37.6. The average molecular weight is 1140 g/mol. The van der Waals surface area contributed by atoms with Gasteiger partial charge in [0.05, 0.1) is 98.1 Å². The summed E-state index contributed by atoms with van der Waals surface area (Å²) in [6.45, 7) is 2.78. The fourth-order valence-corrected chi connectivity index (χ4v) is 9.69. The van der Waals surface area contributed by atoms with Crippen molar-refractivity contribution < 1.29 is 94.3 Å². The number of aromatic hydroxyl groups is 1. The van der Waals surface area contributed by atoms with E-state index in [9.17, 15) is 44.0 Å². The van der Waals surface area contributed by atoms with Crippen molar-refractivity contribution in [2.75, 3.05) is 119 Å². The molecule has 78 heavy (non-hydrogen) atoms. The number of phenolic OH excluding ortho intramolecular Hbond substituents is 1. The van der Waals surface area contributed by atoms with Crippen LogP contribution in [0.3, 0.4) is 0 Å². The summed E-state index contributed by atoms with van der Waals surface area (Å²) >= 11 is 0. The molecule has 2 unspecified atom stereocenters. The fraction of sp³-hybridized carbons (Fsp3) is 0.500. The van der Waals surface area contributed by atoms with Crippen LogP contribution in [0.1, 0.15) is 59.0 Å². The number of carboxylic acid groups (broad SMARTS) is 1. The summed E-state index contributed by atoms with van der Waals surface area (Å²) in [5, 5.41) is 34.0. The van der Waals surface area contributed by atoms with Crippen molar-refractivity contribution in [3.63, 3.8) is 0 Å². The number of nitrogens with one attached hydrogen (secondary N) is 1. The van der Waals surface area contributed by atoms with Gasteiger partial charge in [0.1, 0.15) is 48.5 Å². The number of anilines is 1. The number of hydrogen-bond donors (Lipinski definition) is 6. The quantitative estimate of drug-likeness (QED) is 0.0174. The molecule has 0 bridgehead atoms. The molecule has 2 aromatic carbocycles.